The Morgan fingerprint density at radius 2 is 1.96 bits per heavy atom. The number of anilines is 1. The first-order valence-corrected chi connectivity index (χ1v) is 8.21. The molecule has 1 aliphatic heterocycles. The van der Waals surface area contributed by atoms with Gasteiger partial charge >= 0.3 is 0 Å². The molecule has 3 rings (SSSR count). The van der Waals surface area contributed by atoms with E-state index in [1.165, 1.54) is 24.5 Å². The highest BCUT2D eigenvalue weighted by molar-refractivity contribution is 6.31. The Morgan fingerprint density at radius 1 is 1.20 bits per heavy atom. The number of carbonyl (C=O) groups is 2. The first-order valence-electron chi connectivity index (χ1n) is 7.83. The molecule has 2 amide bonds. The SMILES string of the molecule is O=C(CN1CCN(C(=O)c2ccco2)CC1)Nc1ccc(F)c(Cl)c1. The summed E-state index contributed by atoms with van der Waals surface area (Å²) in [5, 5.41) is 2.65. The molecule has 0 spiro atoms. The fraction of sp³-hybridized carbons (Fsp3) is 0.294. The largest absolute Gasteiger partial charge is 0.459 e. The normalized spacial score (nSPS) is 15.2. The minimum Gasteiger partial charge on any atom is -0.459 e. The van der Waals surface area contributed by atoms with Crippen molar-refractivity contribution in [2.24, 2.45) is 0 Å². The summed E-state index contributed by atoms with van der Waals surface area (Å²) in [5.74, 6) is -0.570. The Balaban J connectivity index is 1.47. The maximum absolute atomic E-state index is 13.1. The maximum atomic E-state index is 13.1. The zero-order valence-corrected chi connectivity index (χ0v) is 14.1. The molecular formula is C17H17ClFN3O3. The van der Waals surface area contributed by atoms with Gasteiger partial charge in [-0.05, 0) is 30.3 Å². The van der Waals surface area contributed by atoms with Gasteiger partial charge in [0.2, 0.25) is 5.91 Å². The summed E-state index contributed by atoms with van der Waals surface area (Å²) in [6, 6.07) is 7.34. The second kappa shape index (κ2) is 7.67. The van der Waals surface area contributed by atoms with Crippen molar-refractivity contribution in [2.45, 2.75) is 0 Å². The van der Waals surface area contributed by atoms with E-state index < -0.39 is 5.82 Å². The van der Waals surface area contributed by atoms with Gasteiger partial charge in [-0.25, -0.2) is 4.39 Å². The summed E-state index contributed by atoms with van der Waals surface area (Å²) in [5.41, 5.74) is 0.447. The summed E-state index contributed by atoms with van der Waals surface area (Å²) in [6.45, 7) is 2.41. The van der Waals surface area contributed by atoms with Crippen molar-refractivity contribution in [2.75, 3.05) is 38.0 Å². The summed E-state index contributed by atoms with van der Waals surface area (Å²) in [4.78, 5) is 27.9. The van der Waals surface area contributed by atoms with Crippen LogP contribution in [0.5, 0.6) is 0 Å². The van der Waals surface area contributed by atoms with Gasteiger partial charge in [-0.2, -0.15) is 0 Å². The van der Waals surface area contributed by atoms with Gasteiger partial charge in [0.1, 0.15) is 5.82 Å². The lowest BCUT2D eigenvalue weighted by Gasteiger charge is -2.33. The molecule has 0 aliphatic carbocycles. The van der Waals surface area contributed by atoms with E-state index in [2.05, 4.69) is 5.32 Å². The Labute approximate surface area is 149 Å². The smallest absolute Gasteiger partial charge is 0.289 e. The average Bonchev–Trinajstić information content (AvgIpc) is 3.13. The number of rotatable bonds is 4. The average molecular weight is 366 g/mol. The highest BCUT2D eigenvalue weighted by Crippen LogP contribution is 2.19. The maximum Gasteiger partial charge on any atom is 0.289 e. The van der Waals surface area contributed by atoms with E-state index in [4.69, 9.17) is 16.0 Å². The van der Waals surface area contributed by atoms with Crippen LogP contribution in [-0.2, 0) is 4.79 Å². The summed E-state index contributed by atoms with van der Waals surface area (Å²) in [7, 11) is 0. The lowest BCUT2D eigenvalue weighted by molar-refractivity contribution is -0.117. The number of piperazine rings is 1. The molecule has 1 N–H and O–H groups in total. The number of furan rings is 1. The van der Waals surface area contributed by atoms with Crippen molar-refractivity contribution >= 4 is 29.1 Å². The third-order valence-electron chi connectivity index (χ3n) is 3.96. The van der Waals surface area contributed by atoms with Crippen LogP contribution in [0.4, 0.5) is 10.1 Å². The first-order chi connectivity index (χ1) is 12.0. The lowest BCUT2D eigenvalue weighted by Crippen LogP contribution is -2.50. The van der Waals surface area contributed by atoms with Crippen molar-refractivity contribution < 1.29 is 18.4 Å². The molecule has 0 unspecified atom stereocenters. The highest BCUT2D eigenvalue weighted by Gasteiger charge is 2.24. The Bertz CT molecular complexity index is 759. The number of carbonyl (C=O) groups excluding carboxylic acids is 2. The predicted octanol–water partition coefficient (Wildman–Crippen LogP) is 2.47. The molecule has 132 valence electrons. The van der Waals surface area contributed by atoms with Crippen LogP contribution in [0.15, 0.2) is 41.0 Å². The number of benzene rings is 1. The molecule has 1 aromatic heterocycles. The van der Waals surface area contributed by atoms with E-state index in [0.717, 1.165) is 0 Å². The highest BCUT2D eigenvalue weighted by atomic mass is 35.5. The molecule has 25 heavy (non-hydrogen) atoms. The molecule has 0 radical (unpaired) electrons. The number of hydrogen-bond donors (Lipinski definition) is 1. The van der Waals surface area contributed by atoms with Crippen LogP contribution < -0.4 is 5.32 Å². The number of halogens is 2. The molecule has 6 nitrogen and oxygen atoms in total. The zero-order valence-electron chi connectivity index (χ0n) is 13.4. The van der Waals surface area contributed by atoms with E-state index in [1.54, 1.807) is 17.0 Å². The van der Waals surface area contributed by atoms with Crippen LogP contribution in [0, 0.1) is 5.82 Å². The summed E-state index contributed by atoms with van der Waals surface area (Å²) >= 11 is 5.70. The van der Waals surface area contributed by atoms with Crippen LogP contribution in [0.25, 0.3) is 0 Å². The number of nitrogens with one attached hydrogen (secondary N) is 1. The fourth-order valence-corrected chi connectivity index (χ4v) is 2.82. The molecule has 8 heteroatoms. The number of amides is 2. The van der Waals surface area contributed by atoms with Crippen molar-refractivity contribution in [1.29, 1.82) is 0 Å². The van der Waals surface area contributed by atoms with Crippen LogP contribution in [0.1, 0.15) is 10.6 Å². The van der Waals surface area contributed by atoms with Crippen molar-refractivity contribution in [3.05, 3.63) is 53.2 Å². The molecule has 0 bridgehead atoms. The molecular weight excluding hydrogens is 349 g/mol. The molecule has 1 saturated heterocycles. The Kier molecular flexibility index (Phi) is 5.35. The van der Waals surface area contributed by atoms with Gasteiger partial charge in [-0.1, -0.05) is 11.6 Å². The monoisotopic (exact) mass is 365 g/mol. The minimum atomic E-state index is -0.531. The second-order valence-corrected chi connectivity index (χ2v) is 6.13. The van der Waals surface area contributed by atoms with E-state index in [-0.39, 0.29) is 23.4 Å². The Morgan fingerprint density at radius 3 is 2.60 bits per heavy atom. The van der Waals surface area contributed by atoms with Gasteiger partial charge in [0.15, 0.2) is 5.76 Å². The van der Waals surface area contributed by atoms with Gasteiger partial charge in [-0.3, -0.25) is 14.5 Å². The summed E-state index contributed by atoms with van der Waals surface area (Å²) < 4.78 is 18.2. The molecule has 2 heterocycles. The molecule has 1 aromatic carbocycles. The fourth-order valence-electron chi connectivity index (χ4n) is 2.64. The van der Waals surface area contributed by atoms with E-state index in [1.807, 2.05) is 4.90 Å². The van der Waals surface area contributed by atoms with Crippen LogP contribution in [-0.4, -0.2) is 54.3 Å². The van der Waals surface area contributed by atoms with Crippen molar-refractivity contribution in [3.63, 3.8) is 0 Å². The van der Waals surface area contributed by atoms with E-state index in [9.17, 15) is 14.0 Å². The predicted molar refractivity (Wildman–Crippen MR) is 91.1 cm³/mol. The Hall–Kier alpha value is -2.38. The van der Waals surface area contributed by atoms with Gasteiger partial charge in [-0.15, -0.1) is 0 Å². The van der Waals surface area contributed by atoms with Crippen molar-refractivity contribution in [3.8, 4) is 0 Å². The first kappa shape index (κ1) is 17.4. The van der Waals surface area contributed by atoms with E-state index in [0.29, 0.717) is 37.6 Å². The quantitative estimate of drug-likeness (QED) is 0.904. The zero-order chi connectivity index (χ0) is 17.8. The molecule has 1 aliphatic rings. The number of hydrogen-bond acceptors (Lipinski definition) is 4. The van der Waals surface area contributed by atoms with Gasteiger partial charge < -0.3 is 14.6 Å². The topological polar surface area (TPSA) is 65.8 Å². The van der Waals surface area contributed by atoms with Crippen LogP contribution in [0.3, 0.4) is 0 Å². The summed E-state index contributed by atoms with van der Waals surface area (Å²) in [6.07, 6.45) is 1.47. The molecule has 0 atom stereocenters. The molecule has 1 fully saturated rings. The third kappa shape index (κ3) is 4.37. The lowest BCUT2D eigenvalue weighted by atomic mass is 10.2. The van der Waals surface area contributed by atoms with Gasteiger partial charge in [0, 0.05) is 31.9 Å². The van der Waals surface area contributed by atoms with Crippen LogP contribution >= 0.6 is 11.6 Å². The third-order valence-corrected chi connectivity index (χ3v) is 4.25. The van der Waals surface area contributed by atoms with Crippen LogP contribution in [0.2, 0.25) is 5.02 Å². The molecule has 0 saturated carbocycles. The minimum absolute atomic E-state index is 0.0390. The van der Waals surface area contributed by atoms with E-state index >= 15 is 0 Å². The molecule has 2 aromatic rings. The second-order valence-electron chi connectivity index (χ2n) is 5.72. The number of nitrogens with zero attached hydrogens (tertiary/aromatic N) is 2. The van der Waals surface area contributed by atoms with Gasteiger partial charge in [0.25, 0.3) is 5.91 Å². The standard InChI is InChI=1S/C17H17ClFN3O3/c18-13-10-12(3-4-14(13)19)20-16(23)11-21-5-7-22(8-6-21)17(24)15-2-1-9-25-15/h1-4,9-10H,5-8,11H2,(H,20,23). The van der Waals surface area contributed by atoms with Gasteiger partial charge in [0.05, 0.1) is 17.8 Å². The van der Waals surface area contributed by atoms with Crippen molar-refractivity contribution in [1.82, 2.24) is 9.80 Å².